The molecule has 0 bridgehead atoms. The molecule has 21 heavy (non-hydrogen) atoms. The number of hydrogen-bond donors (Lipinski definition) is 1. The van der Waals surface area contributed by atoms with Gasteiger partial charge in [0.25, 0.3) is 0 Å². The van der Waals surface area contributed by atoms with E-state index >= 15 is 0 Å². The fraction of sp³-hybridized carbons (Fsp3) is 0.200. The Labute approximate surface area is 142 Å². The number of aliphatic imine (C=N–C) groups is 1. The van der Waals surface area contributed by atoms with Gasteiger partial charge >= 0.3 is 7.12 Å². The fourth-order valence-corrected chi connectivity index (χ4v) is 1.48. The third-order valence-electron chi connectivity index (χ3n) is 2.21. The summed E-state index contributed by atoms with van der Waals surface area (Å²) in [6.45, 7) is 14.0. The van der Waals surface area contributed by atoms with Crippen molar-refractivity contribution in [1.82, 2.24) is 0 Å². The van der Waals surface area contributed by atoms with Crippen molar-refractivity contribution in [2.45, 2.75) is 19.4 Å². The van der Waals surface area contributed by atoms with E-state index in [4.69, 9.17) is 4.65 Å². The Bertz CT molecular complexity index is 475. The number of benzene rings is 1. The van der Waals surface area contributed by atoms with Crippen molar-refractivity contribution < 1.29 is 34.5 Å². The second kappa shape index (κ2) is 10.0. The third-order valence-corrected chi connectivity index (χ3v) is 2.21. The molecule has 119 valence electrons. The van der Waals surface area contributed by atoms with E-state index in [1.54, 1.807) is 19.9 Å². The van der Waals surface area contributed by atoms with E-state index in [1.165, 1.54) is 6.08 Å². The first-order chi connectivity index (χ1) is 8.28. The van der Waals surface area contributed by atoms with Crippen molar-refractivity contribution >= 4 is 31.1 Å². The van der Waals surface area contributed by atoms with Crippen LogP contribution in [0.15, 0.2) is 23.7 Å². The first-order valence-corrected chi connectivity index (χ1v) is 5.42. The zero-order chi connectivity index (χ0) is 13.9. The zero-order valence-electron chi connectivity index (χ0n) is 13.0. The van der Waals surface area contributed by atoms with Crippen LogP contribution in [0, 0.1) is 27.6 Å². The van der Waals surface area contributed by atoms with E-state index in [9.17, 15) is 9.41 Å². The summed E-state index contributed by atoms with van der Waals surface area (Å²) in [6.07, 6.45) is 1.44. The summed E-state index contributed by atoms with van der Waals surface area (Å²) in [5, 5.41) is 9.85. The van der Waals surface area contributed by atoms with Crippen LogP contribution in [0.5, 0.6) is 0 Å². The first kappa shape index (κ1) is 25.2. The molecule has 1 aromatic carbocycles. The van der Waals surface area contributed by atoms with Gasteiger partial charge in [0.15, 0.2) is 0 Å². The van der Waals surface area contributed by atoms with Gasteiger partial charge in [-0.3, -0.25) is 4.99 Å². The summed E-state index contributed by atoms with van der Waals surface area (Å²) in [4.78, 5) is 3.58. The maximum absolute atomic E-state index is 13.7. The molecular weight excluding hydrogens is 442 g/mol. The van der Waals surface area contributed by atoms with Gasteiger partial charge in [-0.2, -0.15) is 0 Å². The molecule has 0 aliphatic heterocycles. The van der Waals surface area contributed by atoms with Crippen LogP contribution in [-0.4, -0.2) is 24.5 Å². The molecule has 1 N–H and O–H groups in total. The Morgan fingerprint density at radius 1 is 1.43 bits per heavy atom. The zero-order valence-corrected chi connectivity index (χ0v) is 15.7. The smallest absolute Gasteiger partial charge is 0.434 e. The predicted octanol–water partition coefficient (Wildman–Crippen LogP) is 3.02. The Morgan fingerprint density at radius 2 is 1.95 bits per heavy atom. The Hall–Kier alpha value is -0.793. The Morgan fingerprint density at radius 3 is 2.33 bits per heavy atom. The van der Waals surface area contributed by atoms with Gasteiger partial charge in [-0.1, -0.05) is 38.2 Å². The molecule has 0 saturated heterocycles. The molecule has 0 aliphatic rings. The maximum atomic E-state index is 13.7. The number of nitrogens with zero attached hydrogens (tertiary/aromatic N) is 1. The molecule has 0 atom stereocenters. The summed E-state index contributed by atoms with van der Waals surface area (Å²) in [5.41, 5.74) is 0.0606. The van der Waals surface area contributed by atoms with Crippen LogP contribution in [0.4, 0.5) is 10.1 Å². The van der Waals surface area contributed by atoms with E-state index in [-0.39, 0.29) is 46.4 Å². The van der Waals surface area contributed by atoms with E-state index in [0.29, 0.717) is 5.56 Å². The van der Waals surface area contributed by atoms with E-state index < -0.39 is 18.5 Å². The van der Waals surface area contributed by atoms with Crippen LogP contribution in [0.1, 0.15) is 19.4 Å². The second-order valence-electron chi connectivity index (χ2n) is 4.53. The SMILES string of the molecule is C=Cc1cc(B(O)OC([CH2-])(C)C)cc(F)c1N=C.[CH3-].[CH3-].[Re]. The van der Waals surface area contributed by atoms with Gasteiger partial charge in [0.2, 0.25) is 0 Å². The maximum Gasteiger partial charge on any atom is 0.489 e. The Kier molecular flexibility index (Phi) is 12.0. The molecule has 0 fully saturated rings. The van der Waals surface area contributed by atoms with Crippen molar-refractivity contribution in [3.8, 4) is 0 Å². The topological polar surface area (TPSA) is 41.8 Å². The average Bonchev–Trinajstić information content (AvgIpc) is 2.25. The normalized spacial score (nSPS) is 9.57. The van der Waals surface area contributed by atoms with Crippen molar-refractivity contribution in [3.05, 3.63) is 51.9 Å². The van der Waals surface area contributed by atoms with Gasteiger partial charge in [0, 0.05) is 26.0 Å². The molecule has 0 saturated carbocycles. The van der Waals surface area contributed by atoms with Gasteiger partial charge in [-0.05, 0) is 18.2 Å². The second-order valence-corrected chi connectivity index (χ2v) is 4.53. The van der Waals surface area contributed by atoms with Gasteiger partial charge in [-0.25, -0.2) is 4.39 Å². The molecule has 1 radical (unpaired) electrons. The summed E-state index contributed by atoms with van der Waals surface area (Å²) < 4.78 is 19.0. The van der Waals surface area contributed by atoms with Crippen molar-refractivity contribution in [1.29, 1.82) is 0 Å². The van der Waals surface area contributed by atoms with Gasteiger partial charge in [0.1, 0.15) is 11.5 Å². The molecule has 1 aromatic rings. The largest absolute Gasteiger partial charge is 0.489 e. The summed E-state index contributed by atoms with van der Waals surface area (Å²) in [5.74, 6) is -0.582. The molecular formula is C15H22BFNO2Re-3. The standard InChI is InChI=1S/C13H16BFNO2.2CH3.Re/c1-6-9-7-10(8-11(15)12(9)16-5)14(17)18-13(2,3)4;;;/h6-8,17H,1-2,5H2,3-4H3;2*1H3;/q3*-1;. The van der Waals surface area contributed by atoms with E-state index in [2.05, 4.69) is 25.2 Å². The molecule has 0 aliphatic carbocycles. The van der Waals surface area contributed by atoms with Crippen LogP contribution in [0.3, 0.4) is 0 Å². The van der Waals surface area contributed by atoms with Crippen LogP contribution in [0.2, 0.25) is 0 Å². The van der Waals surface area contributed by atoms with Crippen molar-refractivity contribution in [2.24, 2.45) is 4.99 Å². The van der Waals surface area contributed by atoms with Crippen molar-refractivity contribution in [3.63, 3.8) is 0 Å². The number of rotatable bonds is 5. The van der Waals surface area contributed by atoms with Gasteiger partial charge in [0.05, 0.1) is 0 Å². The molecule has 0 unspecified atom stereocenters. The summed E-state index contributed by atoms with van der Waals surface area (Å²) in [6, 6.07) is 2.71. The van der Waals surface area contributed by atoms with Gasteiger partial charge < -0.3 is 31.5 Å². The summed E-state index contributed by atoms with van der Waals surface area (Å²) in [7, 11) is -1.26. The molecule has 6 heteroatoms. The molecule has 0 amide bonds. The number of halogens is 1. The molecule has 0 spiro atoms. The molecule has 0 heterocycles. The van der Waals surface area contributed by atoms with E-state index in [0.717, 1.165) is 6.07 Å². The van der Waals surface area contributed by atoms with Crippen LogP contribution in [0.25, 0.3) is 6.08 Å². The van der Waals surface area contributed by atoms with Crippen LogP contribution >= 0.6 is 0 Å². The third kappa shape index (κ3) is 7.15. The molecule has 1 rings (SSSR count). The molecule has 3 nitrogen and oxygen atoms in total. The number of hydrogen-bond acceptors (Lipinski definition) is 3. The minimum Gasteiger partial charge on any atom is -0.434 e. The van der Waals surface area contributed by atoms with Crippen LogP contribution in [-0.2, 0) is 25.1 Å². The monoisotopic (exact) mass is 465 g/mol. The molecule has 0 aromatic heterocycles. The predicted molar refractivity (Wildman–Crippen MR) is 86.7 cm³/mol. The minimum absolute atomic E-state index is 0. The van der Waals surface area contributed by atoms with Gasteiger partial charge in [-0.15, -0.1) is 0 Å². The van der Waals surface area contributed by atoms with Crippen molar-refractivity contribution in [2.75, 3.05) is 0 Å². The van der Waals surface area contributed by atoms with Crippen LogP contribution < -0.4 is 5.46 Å². The average molecular weight is 464 g/mol. The van der Waals surface area contributed by atoms with E-state index in [1.807, 2.05) is 0 Å². The summed E-state index contributed by atoms with van der Waals surface area (Å²) >= 11 is 0. The Balaban J connectivity index is -0.00000108. The quantitative estimate of drug-likeness (QED) is 0.414. The fourth-order valence-electron chi connectivity index (χ4n) is 1.48. The first-order valence-electron chi connectivity index (χ1n) is 5.42. The minimum atomic E-state index is -1.26.